The van der Waals surface area contributed by atoms with Crippen LogP contribution in [0, 0.1) is 0 Å². The Morgan fingerprint density at radius 2 is 1.42 bits per heavy atom. The van der Waals surface area contributed by atoms with E-state index in [1.165, 1.54) is 6.07 Å². The Kier molecular flexibility index (Phi) is 5.39. The highest BCUT2D eigenvalue weighted by Crippen LogP contribution is 2.25. The SMILES string of the molecule is O=C(Nc1ccccc1)c1ccccc1NS(=O)(=O)c1ccccc1Br. The molecule has 0 heterocycles. The van der Waals surface area contributed by atoms with Crippen molar-refractivity contribution < 1.29 is 13.2 Å². The standard InChI is InChI=1S/C19H15BrN2O3S/c20-16-11-5-7-13-18(16)26(24,25)22-17-12-6-4-10-15(17)19(23)21-14-8-2-1-3-9-14/h1-13,22H,(H,21,23). The van der Waals surface area contributed by atoms with E-state index >= 15 is 0 Å². The highest BCUT2D eigenvalue weighted by molar-refractivity contribution is 9.10. The lowest BCUT2D eigenvalue weighted by atomic mass is 10.1. The summed E-state index contributed by atoms with van der Waals surface area (Å²) in [6.07, 6.45) is 0. The Morgan fingerprint density at radius 1 is 0.808 bits per heavy atom. The maximum absolute atomic E-state index is 12.7. The predicted molar refractivity (Wildman–Crippen MR) is 106 cm³/mol. The largest absolute Gasteiger partial charge is 0.322 e. The van der Waals surface area contributed by atoms with E-state index in [1.54, 1.807) is 66.7 Å². The summed E-state index contributed by atoms with van der Waals surface area (Å²) in [5.74, 6) is -0.401. The first-order valence-electron chi connectivity index (χ1n) is 7.70. The number of hydrogen-bond donors (Lipinski definition) is 2. The molecule has 0 fully saturated rings. The zero-order valence-corrected chi connectivity index (χ0v) is 15.9. The average Bonchev–Trinajstić information content (AvgIpc) is 2.63. The maximum Gasteiger partial charge on any atom is 0.263 e. The molecule has 0 atom stereocenters. The molecular formula is C19H15BrN2O3S. The second-order valence-electron chi connectivity index (χ2n) is 5.40. The quantitative estimate of drug-likeness (QED) is 0.625. The third-order valence-electron chi connectivity index (χ3n) is 3.57. The van der Waals surface area contributed by atoms with Crippen molar-refractivity contribution in [1.29, 1.82) is 0 Å². The minimum atomic E-state index is -3.85. The van der Waals surface area contributed by atoms with Gasteiger partial charge in [0.2, 0.25) is 0 Å². The van der Waals surface area contributed by atoms with E-state index < -0.39 is 15.9 Å². The predicted octanol–water partition coefficient (Wildman–Crippen LogP) is 4.50. The van der Waals surface area contributed by atoms with Crippen LogP contribution in [-0.4, -0.2) is 14.3 Å². The lowest BCUT2D eigenvalue weighted by molar-refractivity contribution is 0.102. The fraction of sp³-hybridized carbons (Fsp3) is 0. The molecule has 7 heteroatoms. The molecule has 0 saturated carbocycles. The first-order valence-corrected chi connectivity index (χ1v) is 9.98. The number of rotatable bonds is 5. The van der Waals surface area contributed by atoms with Gasteiger partial charge < -0.3 is 5.32 Å². The Bertz CT molecular complexity index is 1040. The van der Waals surface area contributed by atoms with E-state index in [0.717, 1.165) is 0 Å². The van der Waals surface area contributed by atoms with Gasteiger partial charge in [-0.1, -0.05) is 42.5 Å². The molecule has 0 saturated heterocycles. The van der Waals surface area contributed by atoms with Crippen molar-refractivity contribution in [1.82, 2.24) is 0 Å². The Labute approximate surface area is 160 Å². The number of carbonyl (C=O) groups is 1. The van der Waals surface area contributed by atoms with E-state index in [0.29, 0.717) is 10.2 Å². The number of halogens is 1. The van der Waals surface area contributed by atoms with Gasteiger partial charge in [0.05, 0.1) is 11.3 Å². The van der Waals surface area contributed by atoms with Gasteiger partial charge in [-0.05, 0) is 52.3 Å². The zero-order chi connectivity index (χ0) is 18.6. The number of benzene rings is 3. The molecule has 3 rings (SSSR count). The lowest BCUT2D eigenvalue weighted by Crippen LogP contribution is -2.18. The summed E-state index contributed by atoms with van der Waals surface area (Å²) in [5, 5.41) is 2.75. The molecule has 5 nitrogen and oxygen atoms in total. The number of carbonyl (C=O) groups excluding carboxylic acids is 1. The van der Waals surface area contributed by atoms with Gasteiger partial charge >= 0.3 is 0 Å². The summed E-state index contributed by atoms with van der Waals surface area (Å²) in [4.78, 5) is 12.7. The molecule has 2 N–H and O–H groups in total. The highest BCUT2D eigenvalue weighted by atomic mass is 79.9. The van der Waals surface area contributed by atoms with Crippen molar-refractivity contribution in [2.75, 3.05) is 10.0 Å². The monoisotopic (exact) mass is 430 g/mol. The number of para-hydroxylation sites is 2. The van der Waals surface area contributed by atoms with Gasteiger partial charge in [0, 0.05) is 10.2 Å². The summed E-state index contributed by atoms with van der Waals surface area (Å²) >= 11 is 3.24. The van der Waals surface area contributed by atoms with Gasteiger partial charge in [0.15, 0.2) is 0 Å². The van der Waals surface area contributed by atoms with E-state index in [4.69, 9.17) is 0 Å². The molecule has 0 aliphatic heterocycles. The first kappa shape index (κ1) is 18.2. The van der Waals surface area contributed by atoms with E-state index in [1.807, 2.05) is 6.07 Å². The van der Waals surface area contributed by atoms with Crippen LogP contribution < -0.4 is 10.0 Å². The second-order valence-corrected chi connectivity index (χ2v) is 7.91. The van der Waals surface area contributed by atoms with Crippen LogP contribution in [-0.2, 0) is 10.0 Å². The minimum Gasteiger partial charge on any atom is -0.322 e. The minimum absolute atomic E-state index is 0.0956. The molecule has 1 amide bonds. The molecule has 132 valence electrons. The van der Waals surface area contributed by atoms with Crippen LogP contribution in [0.3, 0.4) is 0 Å². The molecule has 3 aromatic rings. The third-order valence-corrected chi connectivity index (χ3v) is 5.95. The van der Waals surface area contributed by atoms with Crippen molar-refractivity contribution in [3.8, 4) is 0 Å². The number of hydrogen-bond acceptors (Lipinski definition) is 3. The molecule has 0 radical (unpaired) electrons. The fourth-order valence-electron chi connectivity index (χ4n) is 2.35. The molecule has 0 aliphatic rings. The summed E-state index contributed by atoms with van der Waals surface area (Å²) in [6.45, 7) is 0. The third kappa shape index (κ3) is 4.12. The summed E-state index contributed by atoms with van der Waals surface area (Å²) in [6, 6.07) is 21.9. The summed E-state index contributed by atoms with van der Waals surface area (Å²) < 4.78 is 28.3. The molecule has 0 spiro atoms. The van der Waals surface area contributed by atoms with Crippen LogP contribution in [0.25, 0.3) is 0 Å². The van der Waals surface area contributed by atoms with Crippen molar-refractivity contribution in [2.45, 2.75) is 4.90 Å². The molecular weight excluding hydrogens is 416 g/mol. The topological polar surface area (TPSA) is 75.3 Å². The van der Waals surface area contributed by atoms with E-state index in [2.05, 4.69) is 26.0 Å². The van der Waals surface area contributed by atoms with Crippen LogP contribution in [0.5, 0.6) is 0 Å². The van der Waals surface area contributed by atoms with Gasteiger partial charge in [-0.15, -0.1) is 0 Å². The number of anilines is 2. The van der Waals surface area contributed by atoms with Crippen LogP contribution in [0.1, 0.15) is 10.4 Å². The smallest absolute Gasteiger partial charge is 0.263 e. The van der Waals surface area contributed by atoms with Crippen molar-refractivity contribution >= 4 is 43.2 Å². The Morgan fingerprint density at radius 3 is 2.15 bits per heavy atom. The first-order chi connectivity index (χ1) is 12.5. The fourth-order valence-corrected chi connectivity index (χ4v) is 4.44. The van der Waals surface area contributed by atoms with Crippen LogP contribution in [0.15, 0.2) is 88.2 Å². The lowest BCUT2D eigenvalue weighted by Gasteiger charge is -2.13. The highest BCUT2D eigenvalue weighted by Gasteiger charge is 2.20. The number of amides is 1. The van der Waals surface area contributed by atoms with Crippen molar-refractivity contribution in [3.05, 3.63) is 88.9 Å². The van der Waals surface area contributed by atoms with Crippen LogP contribution in [0.2, 0.25) is 0 Å². The number of sulfonamides is 1. The molecule has 3 aromatic carbocycles. The van der Waals surface area contributed by atoms with Gasteiger partial charge in [-0.2, -0.15) is 0 Å². The normalized spacial score (nSPS) is 11.0. The summed E-state index contributed by atoms with van der Waals surface area (Å²) in [7, 11) is -3.85. The molecule has 0 aromatic heterocycles. The van der Waals surface area contributed by atoms with Gasteiger partial charge in [-0.3, -0.25) is 9.52 Å². The van der Waals surface area contributed by atoms with Crippen molar-refractivity contribution in [2.24, 2.45) is 0 Å². The van der Waals surface area contributed by atoms with Crippen LogP contribution in [0.4, 0.5) is 11.4 Å². The second kappa shape index (κ2) is 7.72. The van der Waals surface area contributed by atoms with Gasteiger partial charge in [0.1, 0.15) is 4.90 Å². The Hall–Kier alpha value is -2.64. The zero-order valence-electron chi connectivity index (χ0n) is 13.5. The molecule has 26 heavy (non-hydrogen) atoms. The molecule has 0 aliphatic carbocycles. The average molecular weight is 431 g/mol. The van der Waals surface area contributed by atoms with Gasteiger partial charge in [-0.25, -0.2) is 8.42 Å². The van der Waals surface area contributed by atoms with Gasteiger partial charge in [0.25, 0.3) is 15.9 Å². The van der Waals surface area contributed by atoms with E-state index in [-0.39, 0.29) is 16.1 Å². The van der Waals surface area contributed by atoms with E-state index in [9.17, 15) is 13.2 Å². The maximum atomic E-state index is 12.7. The van der Waals surface area contributed by atoms with Crippen molar-refractivity contribution in [3.63, 3.8) is 0 Å². The Balaban J connectivity index is 1.90. The van der Waals surface area contributed by atoms with Crippen LogP contribution >= 0.6 is 15.9 Å². The summed E-state index contributed by atoms with van der Waals surface area (Å²) in [5.41, 5.74) is 1.06. The number of nitrogens with one attached hydrogen (secondary N) is 2. The molecule has 0 bridgehead atoms. The molecule has 0 unspecified atom stereocenters.